The van der Waals surface area contributed by atoms with E-state index < -0.39 is 15.9 Å². The lowest BCUT2D eigenvalue weighted by atomic mass is 10.2. The third-order valence-electron chi connectivity index (χ3n) is 4.37. The lowest BCUT2D eigenvalue weighted by Gasteiger charge is -2.17. The van der Waals surface area contributed by atoms with Gasteiger partial charge in [-0.1, -0.05) is 4.83 Å². The van der Waals surface area contributed by atoms with Gasteiger partial charge in [0.05, 0.1) is 17.2 Å². The number of rotatable bonds is 6. The van der Waals surface area contributed by atoms with Crippen molar-refractivity contribution in [2.45, 2.75) is 23.5 Å². The van der Waals surface area contributed by atoms with Gasteiger partial charge in [0.1, 0.15) is 24.4 Å². The molecule has 11 heteroatoms. The smallest absolute Gasteiger partial charge is 0.289 e. The van der Waals surface area contributed by atoms with Gasteiger partial charge in [0, 0.05) is 18.2 Å². The Hall–Kier alpha value is -2.83. The van der Waals surface area contributed by atoms with Gasteiger partial charge in [0.25, 0.3) is 15.9 Å². The monoisotopic (exact) mass is 419 g/mol. The van der Waals surface area contributed by atoms with Gasteiger partial charge in [-0.25, -0.2) is 8.42 Å². The summed E-state index contributed by atoms with van der Waals surface area (Å²) in [5.41, 5.74) is 0.199. The van der Waals surface area contributed by atoms with Gasteiger partial charge in [-0.3, -0.25) is 15.0 Å². The van der Waals surface area contributed by atoms with Crippen LogP contribution in [0.3, 0.4) is 0 Å². The molecular formula is C18H17N3O7S. The number of nitrogens with zero attached hydrogens (tertiary/aromatic N) is 2. The second kappa shape index (κ2) is 7.89. The number of sulfonamides is 1. The molecule has 4 rings (SSSR count). The fourth-order valence-corrected chi connectivity index (χ4v) is 3.86. The van der Waals surface area contributed by atoms with E-state index >= 15 is 0 Å². The van der Waals surface area contributed by atoms with Gasteiger partial charge in [0.15, 0.2) is 0 Å². The molecule has 1 aromatic carbocycles. The number of amides is 1. The normalized spacial score (nSPS) is 20.8. The molecule has 0 saturated carbocycles. The van der Waals surface area contributed by atoms with E-state index in [1.807, 2.05) is 4.83 Å². The maximum absolute atomic E-state index is 12.4. The zero-order chi connectivity index (χ0) is 20.4. The lowest BCUT2D eigenvalue weighted by molar-refractivity contribution is -0.167. The molecule has 1 aliphatic carbocycles. The summed E-state index contributed by atoms with van der Waals surface area (Å²) in [6.45, 7) is 0.142. The molecule has 2 atom stereocenters. The first kappa shape index (κ1) is 19.5. The number of benzene rings is 1. The number of hydrazine groups is 1. The van der Waals surface area contributed by atoms with E-state index in [0.29, 0.717) is 11.5 Å². The number of hydroxylamine groups is 1. The van der Waals surface area contributed by atoms with Crippen LogP contribution in [0.25, 0.3) is 0 Å². The van der Waals surface area contributed by atoms with Crippen molar-refractivity contribution in [3.63, 3.8) is 0 Å². The molecule has 2 unspecified atom stereocenters. The molecule has 0 bridgehead atoms. The first-order valence-corrected chi connectivity index (χ1v) is 10.1. The van der Waals surface area contributed by atoms with Crippen molar-refractivity contribution in [2.75, 3.05) is 6.79 Å². The zero-order valence-electron chi connectivity index (χ0n) is 15.0. The van der Waals surface area contributed by atoms with E-state index in [2.05, 4.69) is 4.98 Å². The van der Waals surface area contributed by atoms with Crippen LogP contribution in [0.2, 0.25) is 0 Å². The van der Waals surface area contributed by atoms with Crippen molar-refractivity contribution in [3.8, 4) is 11.5 Å². The van der Waals surface area contributed by atoms with E-state index in [4.69, 9.17) is 14.2 Å². The Labute approximate surface area is 166 Å². The first-order valence-electron chi connectivity index (χ1n) is 8.60. The van der Waals surface area contributed by atoms with Gasteiger partial charge in [0.2, 0.25) is 0 Å². The highest BCUT2D eigenvalue weighted by Gasteiger charge is 2.38. The Morgan fingerprint density at radius 2 is 2.00 bits per heavy atom. The van der Waals surface area contributed by atoms with E-state index in [0.717, 1.165) is 0 Å². The number of carbonyl (C=O) groups is 1. The van der Waals surface area contributed by atoms with Crippen LogP contribution >= 0.6 is 0 Å². The molecule has 1 saturated heterocycles. The molecular weight excluding hydrogens is 402 g/mol. The summed E-state index contributed by atoms with van der Waals surface area (Å²) in [6, 6.07) is 8.87. The van der Waals surface area contributed by atoms with Gasteiger partial charge in [-0.05, 0) is 42.5 Å². The number of ether oxygens (including phenoxy) is 3. The van der Waals surface area contributed by atoms with E-state index in [9.17, 15) is 18.4 Å². The minimum absolute atomic E-state index is 0.0533. The van der Waals surface area contributed by atoms with Gasteiger partial charge in [-0.2, -0.15) is 0 Å². The van der Waals surface area contributed by atoms with Crippen LogP contribution in [0.1, 0.15) is 6.42 Å². The van der Waals surface area contributed by atoms with Crippen LogP contribution < -0.4 is 9.57 Å². The summed E-state index contributed by atoms with van der Waals surface area (Å²) in [7, 11) is -4.19. The molecule has 0 spiro atoms. The number of pyridine rings is 1. The minimum atomic E-state index is -4.19. The van der Waals surface area contributed by atoms with Gasteiger partial charge < -0.3 is 14.2 Å². The molecule has 0 radical (unpaired) electrons. The zero-order valence-corrected chi connectivity index (χ0v) is 15.8. The summed E-state index contributed by atoms with van der Waals surface area (Å²) in [4.78, 5) is 17.9. The highest BCUT2D eigenvalue weighted by atomic mass is 32.2. The predicted molar refractivity (Wildman–Crippen MR) is 97.0 cm³/mol. The lowest BCUT2D eigenvalue weighted by Crippen LogP contribution is -2.44. The van der Waals surface area contributed by atoms with Crippen LogP contribution in [0.4, 0.5) is 0 Å². The van der Waals surface area contributed by atoms with Crippen LogP contribution in [-0.2, 0) is 24.3 Å². The first-order chi connectivity index (χ1) is 13.9. The molecule has 1 aliphatic heterocycles. The Morgan fingerprint density at radius 3 is 2.69 bits per heavy atom. The fraction of sp³-hybridized carbons (Fsp3) is 0.222. The van der Waals surface area contributed by atoms with Crippen LogP contribution in [-0.4, -0.2) is 48.7 Å². The van der Waals surface area contributed by atoms with E-state index in [-0.39, 0.29) is 41.1 Å². The van der Waals surface area contributed by atoms with E-state index in [1.165, 1.54) is 36.5 Å². The van der Waals surface area contributed by atoms with Gasteiger partial charge >= 0.3 is 0 Å². The summed E-state index contributed by atoms with van der Waals surface area (Å²) in [5.74, 6) is -0.000773. The maximum Gasteiger partial charge on any atom is 0.289 e. The quantitative estimate of drug-likeness (QED) is 0.531. The highest BCUT2D eigenvalue weighted by Crippen LogP contribution is 2.29. The van der Waals surface area contributed by atoms with E-state index in [1.54, 1.807) is 18.3 Å². The topological polar surface area (TPSA) is 127 Å². The van der Waals surface area contributed by atoms with Crippen molar-refractivity contribution in [2.24, 2.45) is 0 Å². The molecule has 1 amide bonds. The standard InChI is InChI=1S/C18H17N3O7S/c22-18(12-8-16-17(9-12)27-11-26-16)21(23)20-29(24,25)15-5-3-13(4-6-15)28-14-2-1-7-19-10-14/h1-8,10,16-17,20,23H,9,11H2. The molecule has 152 valence electrons. The summed E-state index contributed by atoms with van der Waals surface area (Å²) >= 11 is 0. The second-order valence-corrected chi connectivity index (χ2v) is 7.99. The number of fused-ring (bicyclic) bond motifs is 1. The summed E-state index contributed by atoms with van der Waals surface area (Å²) < 4.78 is 41.0. The Morgan fingerprint density at radius 1 is 1.21 bits per heavy atom. The number of carbonyl (C=O) groups excluding carboxylic acids is 1. The van der Waals surface area contributed by atoms with Crippen molar-refractivity contribution in [3.05, 3.63) is 60.4 Å². The molecule has 2 heterocycles. The molecule has 10 nitrogen and oxygen atoms in total. The van der Waals surface area contributed by atoms with Crippen LogP contribution in [0.15, 0.2) is 65.3 Å². The number of hydrogen-bond donors (Lipinski definition) is 2. The van der Waals surface area contributed by atoms with Crippen molar-refractivity contribution >= 4 is 15.9 Å². The molecule has 2 N–H and O–H groups in total. The maximum atomic E-state index is 12.4. The average Bonchev–Trinajstić information content (AvgIpc) is 3.30. The summed E-state index contributed by atoms with van der Waals surface area (Å²) in [6.07, 6.45) is 4.19. The number of hydrogen-bond acceptors (Lipinski definition) is 8. The Bertz CT molecular complexity index is 1030. The highest BCUT2D eigenvalue weighted by molar-refractivity contribution is 7.89. The minimum Gasteiger partial charge on any atom is -0.456 e. The predicted octanol–water partition coefficient (Wildman–Crippen LogP) is 1.36. The summed E-state index contributed by atoms with van der Waals surface area (Å²) in [5, 5.41) is 9.87. The largest absolute Gasteiger partial charge is 0.456 e. The van der Waals surface area contributed by atoms with Crippen molar-refractivity contribution < 1.29 is 32.6 Å². The number of nitrogens with one attached hydrogen (secondary N) is 1. The third kappa shape index (κ3) is 4.28. The van der Waals surface area contributed by atoms with Crippen molar-refractivity contribution in [1.29, 1.82) is 0 Å². The fourth-order valence-electron chi connectivity index (χ4n) is 2.95. The number of aromatic nitrogens is 1. The average molecular weight is 419 g/mol. The SMILES string of the molecule is O=C(C1=CC2OCOC2C1)N(O)NS(=O)(=O)c1ccc(Oc2cccnc2)cc1. The van der Waals surface area contributed by atoms with Gasteiger partial charge in [-0.15, -0.1) is 5.17 Å². The van der Waals surface area contributed by atoms with Crippen molar-refractivity contribution in [1.82, 2.24) is 15.0 Å². The molecule has 2 aliphatic rings. The Balaban J connectivity index is 1.41. The molecule has 2 aromatic rings. The van der Waals surface area contributed by atoms with Crippen LogP contribution in [0.5, 0.6) is 11.5 Å². The molecule has 1 aromatic heterocycles. The Kier molecular flexibility index (Phi) is 5.30. The van der Waals surface area contributed by atoms with Crippen LogP contribution in [0, 0.1) is 0 Å². The molecule has 1 fully saturated rings. The second-order valence-electron chi connectivity index (χ2n) is 6.32. The third-order valence-corrected chi connectivity index (χ3v) is 5.68. The molecule has 29 heavy (non-hydrogen) atoms.